The Balaban J connectivity index is 1.98. The summed E-state index contributed by atoms with van der Waals surface area (Å²) in [4.78, 5) is 29.2. The summed E-state index contributed by atoms with van der Waals surface area (Å²) < 4.78 is 10.4. The average Bonchev–Trinajstić information content (AvgIpc) is 3.18. The van der Waals surface area contributed by atoms with E-state index in [1.54, 1.807) is 30.3 Å². The van der Waals surface area contributed by atoms with Crippen molar-refractivity contribution in [1.29, 1.82) is 0 Å². The van der Waals surface area contributed by atoms with Gasteiger partial charge in [0.2, 0.25) is 0 Å². The number of carbonyl (C=O) groups excluding carboxylic acids is 2. The zero-order chi connectivity index (χ0) is 21.0. The van der Waals surface area contributed by atoms with E-state index in [1.165, 1.54) is 0 Å². The Bertz CT molecular complexity index is 905. The monoisotopic (exact) mass is 414 g/mol. The van der Waals surface area contributed by atoms with Gasteiger partial charge in [0.25, 0.3) is 0 Å². The summed E-state index contributed by atoms with van der Waals surface area (Å²) in [5, 5.41) is 2.99. The smallest absolute Gasteiger partial charge is 0.338 e. The quantitative estimate of drug-likeness (QED) is 0.540. The maximum Gasteiger partial charge on any atom is 0.338 e. The van der Waals surface area contributed by atoms with Crippen LogP contribution in [0.25, 0.3) is 10.4 Å². The van der Waals surface area contributed by atoms with Crippen molar-refractivity contribution in [1.82, 2.24) is 10.2 Å². The first-order valence-electron chi connectivity index (χ1n) is 9.55. The Hall–Kier alpha value is -2.64. The number of benzene rings is 1. The Morgan fingerprint density at radius 3 is 2.55 bits per heavy atom. The number of nitrogens with zero attached hydrogens (tertiary/aromatic N) is 1. The summed E-state index contributed by atoms with van der Waals surface area (Å²) in [7, 11) is 1.55. The fourth-order valence-corrected chi connectivity index (χ4v) is 4.49. The van der Waals surface area contributed by atoms with Crippen molar-refractivity contribution < 1.29 is 19.1 Å². The third kappa shape index (κ3) is 4.52. The molecule has 2 amide bonds. The molecule has 2 heterocycles. The SMILES string of the molecule is COCCOC(=O)C1=C(C)N(C(C)C)C(=O)N[C@@H]1c1ccc(-c2ccccc2)s1. The summed E-state index contributed by atoms with van der Waals surface area (Å²) in [5.41, 5.74) is 2.17. The molecule has 2 aromatic rings. The minimum Gasteiger partial charge on any atom is -0.460 e. The molecule has 3 rings (SSSR count). The number of hydrogen-bond donors (Lipinski definition) is 1. The second-order valence-electron chi connectivity index (χ2n) is 7.04. The summed E-state index contributed by atoms with van der Waals surface area (Å²) in [6.07, 6.45) is 0. The van der Waals surface area contributed by atoms with Gasteiger partial charge in [-0.15, -0.1) is 11.3 Å². The van der Waals surface area contributed by atoms with E-state index in [-0.39, 0.29) is 18.7 Å². The Morgan fingerprint density at radius 2 is 1.90 bits per heavy atom. The van der Waals surface area contributed by atoms with Crippen LogP contribution in [0.5, 0.6) is 0 Å². The molecule has 1 aromatic heterocycles. The van der Waals surface area contributed by atoms with Gasteiger partial charge in [-0.05, 0) is 38.5 Å². The van der Waals surface area contributed by atoms with Crippen molar-refractivity contribution in [2.75, 3.05) is 20.3 Å². The molecule has 0 bridgehead atoms. The van der Waals surface area contributed by atoms with Crippen molar-refractivity contribution >= 4 is 23.3 Å². The number of esters is 1. The van der Waals surface area contributed by atoms with Gasteiger partial charge in [-0.3, -0.25) is 4.90 Å². The molecule has 0 radical (unpaired) electrons. The van der Waals surface area contributed by atoms with Crippen LogP contribution in [0.15, 0.2) is 53.7 Å². The van der Waals surface area contributed by atoms with Crippen LogP contribution in [-0.4, -0.2) is 43.3 Å². The van der Waals surface area contributed by atoms with Gasteiger partial charge in [-0.1, -0.05) is 30.3 Å². The molecule has 1 atom stereocenters. The molecule has 1 aromatic carbocycles. The lowest BCUT2D eigenvalue weighted by molar-refractivity contribution is -0.140. The normalized spacial score (nSPS) is 16.9. The first kappa shape index (κ1) is 21.1. The molecule has 0 saturated carbocycles. The minimum atomic E-state index is -0.546. The first-order valence-corrected chi connectivity index (χ1v) is 10.4. The molecule has 29 heavy (non-hydrogen) atoms. The number of hydrogen-bond acceptors (Lipinski definition) is 5. The van der Waals surface area contributed by atoms with Gasteiger partial charge in [0.05, 0.1) is 18.2 Å². The van der Waals surface area contributed by atoms with Gasteiger partial charge in [0.15, 0.2) is 0 Å². The van der Waals surface area contributed by atoms with Gasteiger partial charge in [0, 0.05) is 28.6 Å². The number of thiophene rings is 1. The van der Waals surface area contributed by atoms with E-state index in [4.69, 9.17) is 9.47 Å². The van der Waals surface area contributed by atoms with Crippen molar-refractivity contribution in [3.05, 3.63) is 58.6 Å². The molecule has 1 aliphatic heterocycles. The van der Waals surface area contributed by atoms with E-state index in [2.05, 4.69) is 5.32 Å². The van der Waals surface area contributed by atoms with Gasteiger partial charge >= 0.3 is 12.0 Å². The molecular formula is C22H26N2O4S. The predicted molar refractivity (Wildman–Crippen MR) is 114 cm³/mol. The van der Waals surface area contributed by atoms with Gasteiger partial charge in [-0.25, -0.2) is 9.59 Å². The highest BCUT2D eigenvalue weighted by molar-refractivity contribution is 7.15. The van der Waals surface area contributed by atoms with Crippen LogP contribution >= 0.6 is 11.3 Å². The molecule has 7 heteroatoms. The Kier molecular flexibility index (Phi) is 6.71. The molecule has 154 valence electrons. The highest BCUT2D eigenvalue weighted by Gasteiger charge is 2.38. The summed E-state index contributed by atoms with van der Waals surface area (Å²) in [6, 6.07) is 13.1. The predicted octanol–water partition coefficient (Wildman–Crippen LogP) is 4.35. The van der Waals surface area contributed by atoms with Crippen LogP contribution in [-0.2, 0) is 14.3 Å². The van der Waals surface area contributed by atoms with Crippen LogP contribution in [0.2, 0.25) is 0 Å². The number of urea groups is 1. The number of carbonyl (C=O) groups is 2. The highest BCUT2D eigenvalue weighted by Crippen LogP contribution is 2.38. The van der Waals surface area contributed by atoms with Crippen LogP contribution < -0.4 is 5.32 Å². The van der Waals surface area contributed by atoms with Crippen molar-refractivity contribution in [2.45, 2.75) is 32.9 Å². The van der Waals surface area contributed by atoms with E-state index in [9.17, 15) is 9.59 Å². The molecule has 0 aliphatic carbocycles. The van der Waals surface area contributed by atoms with Crippen molar-refractivity contribution in [3.8, 4) is 10.4 Å². The fourth-order valence-electron chi connectivity index (χ4n) is 3.42. The Labute approximate surface area is 175 Å². The topological polar surface area (TPSA) is 67.9 Å². The van der Waals surface area contributed by atoms with E-state index in [1.807, 2.05) is 56.3 Å². The lowest BCUT2D eigenvalue weighted by Gasteiger charge is -2.37. The van der Waals surface area contributed by atoms with Crippen molar-refractivity contribution in [2.24, 2.45) is 0 Å². The molecule has 0 saturated heterocycles. The lowest BCUT2D eigenvalue weighted by Crippen LogP contribution is -2.50. The number of allylic oxidation sites excluding steroid dienone is 1. The lowest BCUT2D eigenvalue weighted by atomic mass is 9.99. The number of amides is 2. The van der Waals surface area contributed by atoms with Crippen LogP contribution in [0.4, 0.5) is 4.79 Å². The maximum atomic E-state index is 12.9. The molecular weight excluding hydrogens is 388 g/mol. The Morgan fingerprint density at radius 1 is 1.17 bits per heavy atom. The van der Waals surface area contributed by atoms with Crippen LogP contribution in [0, 0.1) is 0 Å². The van der Waals surface area contributed by atoms with Gasteiger partial charge < -0.3 is 14.8 Å². The molecule has 0 spiro atoms. The van der Waals surface area contributed by atoms with E-state index >= 15 is 0 Å². The van der Waals surface area contributed by atoms with Crippen LogP contribution in [0.3, 0.4) is 0 Å². The number of ether oxygens (including phenoxy) is 2. The van der Waals surface area contributed by atoms with Crippen molar-refractivity contribution in [3.63, 3.8) is 0 Å². The average molecular weight is 415 g/mol. The van der Waals surface area contributed by atoms with Gasteiger partial charge in [-0.2, -0.15) is 0 Å². The standard InChI is InChI=1S/C22H26N2O4S/c1-14(2)24-15(3)19(21(25)28-13-12-27-4)20(23-22(24)26)18-11-10-17(29-18)16-8-6-5-7-9-16/h5-11,14,20H,12-13H2,1-4H3,(H,23,26)/t20-/m1/s1. The molecule has 6 nitrogen and oxygen atoms in total. The minimum absolute atomic E-state index is 0.0825. The second kappa shape index (κ2) is 9.24. The number of nitrogens with one attached hydrogen (secondary N) is 1. The maximum absolute atomic E-state index is 12.9. The van der Waals surface area contributed by atoms with E-state index < -0.39 is 12.0 Å². The van der Waals surface area contributed by atoms with E-state index in [0.717, 1.165) is 15.3 Å². The number of rotatable bonds is 7. The zero-order valence-electron chi connectivity index (χ0n) is 17.1. The fraction of sp³-hybridized carbons (Fsp3) is 0.364. The summed E-state index contributed by atoms with van der Waals surface area (Å²) in [5.74, 6) is -0.440. The number of methoxy groups -OCH3 is 1. The molecule has 1 N–H and O–H groups in total. The first-order chi connectivity index (χ1) is 13.9. The zero-order valence-corrected chi connectivity index (χ0v) is 17.9. The third-order valence-electron chi connectivity index (χ3n) is 4.75. The second-order valence-corrected chi connectivity index (χ2v) is 8.16. The van der Waals surface area contributed by atoms with Gasteiger partial charge in [0.1, 0.15) is 6.61 Å². The summed E-state index contributed by atoms with van der Waals surface area (Å²) in [6.45, 7) is 6.10. The molecule has 0 unspecified atom stereocenters. The summed E-state index contributed by atoms with van der Waals surface area (Å²) >= 11 is 1.56. The largest absolute Gasteiger partial charge is 0.460 e. The molecule has 1 aliphatic rings. The molecule has 0 fully saturated rings. The van der Waals surface area contributed by atoms with Crippen LogP contribution in [0.1, 0.15) is 31.7 Å². The third-order valence-corrected chi connectivity index (χ3v) is 5.95. The van der Waals surface area contributed by atoms with E-state index in [0.29, 0.717) is 17.9 Å². The highest BCUT2D eigenvalue weighted by atomic mass is 32.1.